The highest BCUT2D eigenvalue weighted by Crippen LogP contribution is 2.26. The molecule has 0 amide bonds. The van der Waals surface area contributed by atoms with E-state index in [1.807, 2.05) is 32.0 Å². The van der Waals surface area contributed by atoms with Crippen LogP contribution < -0.4 is 4.74 Å². The second-order valence-corrected chi connectivity index (χ2v) is 4.91. The van der Waals surface area contributed by atoms with Gasteiger partial charge < -0.3 is 9.84 Å². The van der Waals surface area contributed by atoms with Crippen molar-refractivity contribution in [1.82, 2.24) is 9.97 Å². The molecule has 2 rings (SSSR count). The highest BCUT2D eigenvalue weighted by atomic mass is 16.5. The first-order valence-electron chi connectivity index (χ1n) is 6.84. The first-order valence-corrected chi connectivity index (χ1v) is 6.84. The average Bonchev–Trinajstić information content (AvgIpc) is 2.49. The molecule has 21 heavy (non-hydrogen) atoms. The van der Waals surface area contributed by atoms with Crippen LogP contribution in [0.1, 0.15) is 36.3 Å². The van der Waals surface area contributed by atoms with Crippen LogP contribution in [0.25, 0.3) is 11.3 Å². The van der Waals surface area contributed by atoms with Crippen LogP contribution >= 0.6 is 0 Å². The van der Waals surface area contributed by atoms with E-state index in [1.54, 1.807) is 0 Å². The van der Waals surface area contributed by atoms with E-state index >= 15 is 0 Å². The lowest BCUT2D eigenvalue weighted by Crippen LogP contribution is -2.10. The Labute approximate surface area is 123 Å². The van der Waals surface area contributed by atoms with E-state index in [2.05, 4.69) is 16.9 Å². The van der Waals surface area contributed by atoms with E-state index in [1.165, 1.54) is 12.4 Å². The molecule has 2 aromatic rings. The van der Waals surface area contributed by atoms with Gasteiger partial charge in [0.05, 0.1) is 11.8 Å². The van der Waals surface area contributed by atoms with Crippen molar-refractivity contribution >= 4 is 5.97 Å². The number of carboxylic acids is 1. The minimum absolute atomic E-state index is 0.0161. The Hall–Kier alpha value is -2.43. The molecule has 0 aliphatic carbocycles. The molecule has 0 bridgehead atoms. The Bertz CT molecular complexity index is 656. The maximum Gasteiger partial charge on any atom is 0.354 e. The topological polar surface area (TPSA) is 72.3 Å². The Morgan fingerprint density at radius 1 is 1.33 bits per heavy atom. The zero-order valence-corrected chi connectivity index (χ0v) is 12.3. The van der Waals surface area contributed by atoms with Gasteiger partial charge in [0, 0.05) is 5.56 Å². The number of hydrogen-bond donors (Lipinski definition) is 1. The summed E-state index contributed by atoms with van der Waals surface area (Å²) in [5.41, 5.74) is 2.40. The van der Waals surface area contributed by atoms with Gasteiger partial charge in [-0.15, -0.1) is 0 Å². The van der Waals surface area contributed by atoms with E-state index in [0.717, 1.165) is 23.3 Å². The van der Waals surface area contributed by atoms with Gasteiger partial charge in [-0.1, -0.05) is 6.92 Å². The van der Waals surface area contributed by atoms with E-state index < -0.39 is 5.97 Å². The molecule has 5 nitrogen and oxygen atoms in total. The lowest BCUT2D eigenvalue weighted by Gasteiger charge is -2.15. The largest absolute Gasteiger partial charge is 0.490 e. The number of carbonyl (C=O) groups is 1. The van der Waals surface area contributed by atoms with Gasteiger partial charge in [0.15, 0.2) is 5.69 Å². The number of aryl methyl sites for hydroxylation is 1. The summed E-state index contributed by atoms with van der Waals surface area (Å²) in [6, 6.07) is 7.16. The Kier molecular flexibility index (Phi) is 4.52. The molecule has 1 aromatic heterocycles. The Morgan fingerprint density at radius 3 is 2.71 bits per heavy atom. The Morgan fingerprint density at radius 2 is 2.10 bits per heavy atom. The third kappa shape index (κ3) is 3.56. The van der Waals surface area contributed by atoms with Gasteiger partial charge in [-0.25, -0.2) is 14.8 Å². The van der Waals surface area contributed by atoms with Gasteiger partial charge in [0.1, 0.15) is 12.1 Å². The number of benzene rings is 1. The van der Waals surface area contributed by atoms with E-state index in [-0.39, 0.29) is 11.8 Å². The second kappa shape index (κ2) is 6.35. The number of rotatable bonds is 5. The molecule has 0 saturated heterocycles. The van der Waals surface area contributed by atoms with Gasteiger partial charge in [-0.05, 0) is 50.1 Å². The van der Waals surface area contributed by atoms with Gasteiger partial charge in [-0.3, -0.25) is 0 Å². The molecule has 110 valence electrons. The van der Waals surface area contributed by atoms with Gasteiger partial charge >= 0.3 is 5.97 Å². The number of aromatic nitrogens is 2. The molecular formula is C16H18N2O3. The molecular weight excluding hydrogens is 268 g/mol. The van der Waals surface area contributed by atoms with Crippen molar-refractivity contribution in [2.24, 2.45) is 0 Å². The molecule has 0 aliphatic heterocycles. The quantitative estimate of drug-likeness (QED) is 0.912. The summed E-state index contributed by atoms with van der Waals surface area (Å²) >= 11 is 0. The predicted octanol–water partition coefficient (Wildman–Crippen LogP) is 3.33. The third-order valence-corrected chi connectivity index (χ3v) is 3.26. The highest BCUT2D eigenvalue weighted by molar-refractivity contribution is 5.86. The SMILES string of the molecule is CCC(C)Oc1ccc(-c2cc(C(=O)O)ncn2)cc1C. The molecule has 1 unspecified atom stereocenters. The normalized spacial score (nSPS) is 12.0. The smallest absolute Gasteiger partial charge is 0.354 e. The summed E-state index contributed by atoms with van der Waals surface area (Å²) in [4.78, 5) is 18.8. The van der Waals surface area contributed by atoms with Crippen LogP contribution in [0, 0.1) is 6.92 Å². The average molecular weight is 286 g/mol. The molecule has 0 radical (unpaired) electrons. The fourth-order valence-corrected chi connectivity index (χ4v) is 1.87. The van der Waals surface area contributed by atoms with Crippen molar-refractivity contribution in [1.29, 1.82) is 0 Å². The van der Waals surface area contributed by atoms with Crippen LogP contribution in [-0.4, -0.2) is 27.1 Å². The highest BCUT2D eigenvalue weighted by Gasteiger charge is 2.10. The van der Waals surface area contributed by atoms with Crippen molar-refractivity contribution in [2.45, 2.75) is 33.3 Å². The van der Waals surface area contributed by atoms with E-state index in [4.69, 9.17) is 9.84 Å². The van der Waals surface area contributed by atoms with Gasteiger partial charge in [-0.2, -0.15) is 0 Å². The first-order chi connectivity index (χ1) is 10.0. The number of ether oxygens (including phenoxy) is 1. The second-order valence-electron chi connectivity index (χ2n) is 4.91. The minimum Gasteiger partial charge on any atom is -0.490 e. The van der Waals surface area contributed by atoms with Crippen LogP contribution in [0.3, 0.4) is 0 Å². The van der Waals surface area contributed by atoms with Crippen LogP contribution in [-0.2, 0) is 0 Å². The number of hydrogen-bond acceptors (Lipinski definition) is 4. The van der Waals surface area contributed by atoms with Crippen molar-refractivity contribution in [2.75, 3.05) is 0 Å². The fourth-order valence-electron chi connectivity index (χ4n) is 1.87. The van der Waals surface area contributed by atoms with Crippen LogP contribution in [0.15, 0.2) is 30.6 Å². The molecule has 5 heteroatoms. The summed E-state index contributed by atoms with van der Waals surface area (Å²) in [7, 11) is 0. The monoisotopic (exact) mass is 286 g/mol. The van der Waals surface area contributed by atoms with Crippen molar-refractivity contribution < 1.29 is 14.6 Å². The first kappa shape index (κ1) is 15.0. The van der Waals surface area contributed by atoms with E-state index in [0.29, 0.717) is 5.69 Å². The third-order valence-electron chi connectivity index (χ3n) is 3.26. The molecule has 1 heterocycles. The number of carboxylic acid groups (broad SMARTS) is 1. The van der Waals surface area contributed by atoms with Crippen molar-refractivity contribution in [3.63, 3.8) is 0 Å². The Balaban J connectivity index is 2.31. The van der Waals surface area contributed by atoms with Gasteiger partial charge in [0.2, 0.25) is 0 Å². The molecule has 1 N–H and O–H groups in total. The zero-order valence-electron chi connectivity index (χ0n) is 12.3. The summed E-state index contributed by atoms with van der Waals surface area (Å²) in [5, 5.41) is 8.97. The van der Waals surface area contributed by atoms with Crippen LogP contribution in [0.2, 0.25) is 0 Å². The lowest BCUT2D eigenvalue weighted by atomic mass is 10.1. The molecule has 0 aliphatic rings. The summed E-state index contributed by atoms with van der Waals surface area (Å²) in [5.74, 6) is -0.229. The van der Waals surface area contributed by atoms with Crippen LogP contribution in [0.4, 0.5) is 0 Å². The standard InChI is InChI=1S/C16H18N2O3/c1-4-11(3)21-15-6-5-12(7-10(15)2)13-8-14(16(19)20)18-9-17-13/h5-9,11H,4H2,1-3H3,(H,19,20). The molecule has 1 atom stereocenters. The summed E-state index contributed by atoms with van der Waals surface area (Å²) < 4.78 is 5.82. The number of nitrogens with zero attached hydrogens (tertiary/aromatic N) is 2. The van der Waals surface area contributed by atoms with Gasteiger partial charge in [0.25, 0.3) is 0 Å². The maximum atomic E-state index is 10.9. The van der Waals surface area contributed by atoms with Crippen LogP contribution in [0.5, 0.6) is 5.75 Å². The minimum atomic E-state index is -1.06. The van der Waals surface area contributed by atoms with Crippen molar-refractivity contribution in [3.8, 4) is 17.0 Å². The maximum absolute atomic E-state index is 10.9. The summed E-state index contributed by atoms with van der Waals surface area (Å²) in [6.07, 6.45) is 2.36. The molecule has 0 fully saturated rings. The zero-order chi connectivity index (χ0) is 15.4. The molecule has 1 aromatic carbocycles. The van der Waals surface area contributed by atoms with Crippen molar-refractivity contribution in [3.05, 3.63) is 41.9 Å². The van der Waals surface area contributed by atoms with E-state index in [9.17, 15) is 4.79 Å². The fraction of sp³-hybridized carbons (Fsp3) is 0.312. The lowest BCUT2D eigenvalue weighted by molar-refractivity contribution is 0.0690. The molecule has 0 saturated carbocycles. The molecule has 0 spiro atoms. The summed E-state index contributed by atoms with van der Waals surface area (Å²) in [6.45, 7) is 6.06. The predicted molar refractivity (Wildman–Crippen MR) is 79.5 cm³/mol. The number of aromatic carboxylic acids is 1.